The van der Waals surface area contributed by atoms with Crippen molar-refractivity contribution in [3.05, 3.63) is 0 Å². The van der Waals surface area contributed by atoms with Crippen molar-refractivity contribution in [2.24, 2.45) is 0 Å². The summed E-state index contributed by atoms with van der Waals surface area (Å²) in [6.07, 6.45) is 0. The van der Waals surface area contributed by atoms with Gasteiger partial charge in [0, 0.05) is 7.11 Å². The highest BCUT2D eigenvalue weighted by Crippen LogP contribution is 1.56. The molecule has 0 aliphatic rings. The van der Waals surface area contributed by atoms with Crippen molar-refractivity contribution in [1.82, 2.24) is 0 Å². The summed E-state index contributed by atoms with van der Waals surface area (Å²) in [5.41, 5.74) is 0. The van der Waals surface area contributed by atoms with Gasteiger partial charge in [-0.3, -0.25) is 4.66 Å². The van der Waals surface area contributed by atoms with Crippen LogP contribution in [0.25, 0.3) is 0 Å². The molecule has 0 rings (SSSR count). The number of halogens is 1. The Balaban J connectivity index is -0.0000000750. The summed E-state index contributed by atoms with van der Waals surface area (Å²) >= 11 is 3.64. The van der Waals surface area contributed by atoms with Gasteiger partial charge in [-0.2, -0.15) is 0 Å². The van der Waals surface area contributed by atoms with E-state index in [1.165, 1.54) is 0 Å². The largest absolute Gasteiger partial charge is 0.394 e. The SMILES string of the molecule is COCCO.OCl.[AlH3]. The zero-order chi connectivity index (χ0) is 6.12. The molecule has 8 heavy (non-hydrogen) atoms. The first-order valence-electron chi connectivity index (χ1n) is 1.68. The van der Waals surface area contributed by atoms with E-state index in [0.29, 0.717) is 6.61 Å². The third kappa shape index (κ3) is 29.8. The predicted octanol–water partition coefficient (Wildman–Crippen LogP) is -1.43. The van der Waals surface area contributed by atoms with Crippen LogP contribution in [0.2, 0.25) is 0 Å². The van der Waals surface area contributed by atoms with E-state index in [-0.39, 0.29) is 24.0 Å². The van der Waals surface area contributed by atoms with Crippen molar-refractivity contribution in [3.63, 3.8) is 0 Å². The molecule has 0 atom stereocenters. The molecular weight excluding hydrogens is 146 g/mol. The first kappa shape index (κ1) is 15.9. The number of methoxy groups -OCH3 is 1. The highest BCUT2D eigenvalue weighted by Gasteiger charge is 1.67. The van der Waals surface area contributed by atoms with Crippen LogP contribution in [0.4, 0.5) is 0 Å². The Morgan fingerprint density at radius 2 is 1.88 bits per heavy atom. The Bertz CT molecular complexity index is 22.0. The topological polar surface area (TPSA) is 49.7 Å². The van der Waals surface area contributed by atoms with Crippen molar-refractivity contribution in [2.45, 2.75) is 0 Å². The van der Waals surface area contributed by atoms with Crippen molar-refractivity contribution < 1.29 is 14.5 Å². The van der Waals surface area contributed by atoms with Gasteiger partial charge in [0.2, 0.25) is 0 Å². The van der Waals surface area contributed by atoms with E-state index in [4.69, 9.17) is 9.77 Å². The number of rotatable bonds is 2. The van der Waals surface area contributed by atoms with Crippen LogP contribution in [-0.2, 0) is 4.74 Å². The Labute approximate surface area is 64.5 Å². The molecule has 0 amide bonds. The summed E-state index contributed by atoms with van der Waals surface area (Å²) in [4.78, 5) is 0. The highest BCUT2D eigenvalue weighted by molar-refractivity contribution is 6.04. The zero-order valence-corrected chi connectivity index (χ0v) is 4.85. The second-order valence-corrected chi connectivity index (χ2v) is 0.716. The molecule has 0 saturated carbocycles. The number of ether oxygens (including phenoxy) is 1. The normalized spacial score (nSPS) is 6.00. The second-order valence-electron chi connectivity index (χ2n) is 0.716. The molecule has 0 aromatic heterocycles. The summed E-state index contributed by atoms with van der Waals surface area (Å²) in [6, 6.07) is 0. The Kier molecular flexibility index (Phi) is 50.1. The van der Waals surface area contributed by atoms with Crippen LogP contribution in [0.5, 0.6) is 0 Å². The highest BCUT2D eigenvalue weighted by atomic mass is 35.5. The molecule has 0 fully saturated rings. The predicted molar refractivity (Wildman–Crippen MR) is 37.0 cm³/mol. The van der Waals surface area contributed by atoms with Crippen LogP contribution < -0.4 is 0 Å². The molecule has 0 radical (unpaired) electrons. The van der Waals surface area contributed by atoms with Gasteiger partial charge in [0.1, 0.15) is 0 Å². The fraction of sp³-hybridized carbons (Fsp3) is 1.00. The lowest BCUT2D eigenvalue weighted by Crippen LogP contribution is -1.91. The monoisotopic (exact) mass is 158 g/mol. The molecule has 5 heteroatoms. The van der Waals surface area contributed by atoms with E-state index < -0.39 is 0 Å². The first-order valence-corrected chi connectivity index (χ1v) is 2.02. The fourth-order valence-corrected chi connectivity index (χ4v) is 0.0913. The minimum Gasteiger partial charge on any atom is -0.394 e. The number of aliphatic hydroxyl groups is 1. The molecule has 0 aliphatic heterocycles. The van der Waals surface area contributed by atoms with Crippen LogP contribution in [-0.4, -0.2) is 47.5 Å². The van der Waals surface area contributed by atoms with E-state index in [0.717, 1.165) is 0 Å². The van der Waals surface area contributed by atoms with Gasteiger partial charge in [0.15, 0.2) is 17.4 Å². The molecule has 2 N–H and O–H groups in total. The third-order valence-electron chi connectivity index (χ3n) is 0.295. The Morgan fingerprint density at radius 3 is 1.88 bits per heavy atom. The maximum absolute atomic E-state index is 7.94. The Hall–Kier alpha value is 0.702. The molecule has 0 spiro atoms. The van der Waals surface area contributed by atoms with Crippen LogP contribution >= 0.6 is 11.9 Å². The van der Waals surface area contributed by atoms with Gasteiger partial charge in [-0.05, 0) is 0 Å². The van der Waals surface area contributed by atoms with Crippen LogP contribution in [0.15, 0.2) is 0 Å². The molecule has 0 heterocycles. The molecule has 0 saturated heterocycles. The van der Waals surface area contributed by atoms with Crippen molar-refractivity contribution in [3.8, 4) is 0 Å². The van der Waals surface area contributed by atoms with Crippen molar-refractivity contribution >= 4 is 29.2 Å². The van der Waals surface area contributed by atoms with Gasteiger partial charge in [-0.1, -0.05) is 0 Å². The van der Waals surface area contributed by atoms with E-state index in [9.17, 15) is 0 Å². The fourth-order valence-electron chi connectivity index (χ4n) is 0.0913. The Morgan fingerprint density at radius 1 is 1.50 bits per heavy atom. The van der Waals surface area contributed by atoms with Crippen molar-refractivity contribution in [1.29, 1.82) is 0 Å². The molecular formula is C3H12AlClO3. The molecule has 52 valence electrons. The lowest BCUT2D eigenvalue weighted by atomic mass is 10.8. The molecule has 0 aromatic rings. The average molecular weight is 159 g/mol. The minimum absolute atomic E-state index is 0. The number of hydrogen-bond donors (Lipinski definition) is 2. The number of aliphatic hydroxyl groups excluding tert-OH is 1. The van der Waals surface area contributed by atoms with Crippen LogP contribution in [0.3, 0.4) is 0 Å². The average Bonchev–Trinajstić information content (AvgIpc) is 1.75. The summed E-state index contributed by atoms with van der Waals surface area (Å²) in [6.45, 7) is 0.566. The van der Waals surface area contributed by atoms with Crippen molar-refractivity contribution in [2.75, 3.05) is 20.3 Å². The van der Waals surface area contributed by atoms with E-state index in [1.807, 2.05) is 0 Å². The molecule has 0 bridgehead atoms. The summed E-state index contributed by atoms with van der Waals surface area (Å²) in [7, 11) is 1.55. The maximum atomic E-state index is 7.94. The molecule has 0 aliphatic carbocycles. The van der Waals surface area contributed by atoms with Crippen LogP contribution in [0.1, 0.15) is 0 Å². The van der Waals surface area contributed by atoms with E-state index in [1.54, 1.807) is 7.11 Å². The second kappa shape index (κ2) is 25.2. The van der Waals surface area contributed by atoms with Gasteiger partial charge >= 0.3 is 0 Å². The minimum atomic E-state index is 0. The molecule has 3 nitrogen and oxygen atoms in total. The smallest absolute Gasteiger partial charge is 0.187 e. The lowest BCUT2D eigenvalue weighted by Gasteiger charge is -1.84. The van der Waals surface area contributed by atoms with Gasteiger partial charge in [0.05, 0.1) is 25.1 Å². The van der Waals surface area contributed by atoms with E-state index >= 15 is 0 Å². The lowest BCUT2D eigenvalue weighted by molar-refractivity contribution is 0.135. The first-order chi connectivity index (χ1) is 3.41. The summed E-state index contributed by atoms with van der Waals surface area (Å²) < 4.78 is 10.9. The standard InChI is InChI=1S/C3H8O2.Al.ClHO.3H/c1-5-3-2-4;;1-2;;;/h4H,2-3H2,1H3;;2H;;;. The molecule has 0 unspecified atom stereocenters. The number of hydrogen-bond acceptors (Lipinski definition) is 3. The van der Waals surface area contributed by atoms with Gasteiger partial charge in [-0.25, -0.2) is 0 Å². The van der Waals surface area contributed by atoms with Crippen LogP contribution in [0, 0.1) is 0 Å². The summed E-state index contributed by atoms with van der Waals surface area (Å²) in [5, 5.41) is 7.94. The molecule has 0 aromatic carbocycles. The van der Waals surface area contributed by atoms with Gasteiger partial charge in [-0.15, -0.1) is 0 Å². The summed E-state index contributed by atoms with van der Waals surface area (Å²) in [5.74, 6) is 0. The zero-order valence-electron chi connectivity index (χ0n) is 4.09. The maximum Gasteiger partial charge on any atom is 0.187 e. The van der Waals surface area contributed by atoms with E-state index in [2.05, 4.69) is 16.6 Å². The third-order valence-corrected chi connectivity index (χ3v) is 0.295. The van der Waals surface area contributed by atoms with Gasteiger partial charge in [0.25, 0.3) is 0 Å². The quantitative estimate of drug-likeness (QED) is 0.485. The van der Waals surface area contributed by atoms with Gasteiger partial charge < -0.3 is 9.84 Å².